The maximum atomic E-state index is 12.0. The predicted octanol–water partition coefficient (Wildman–Crippen LogP) is 5.81. The Morgan fingerprint density at radius 3 is 1.35 bits per heavy atom. The van der Waals surface area contributed by atoms with Crippen LogP contribution >= 0.6 is 0 Å². The molecule has 8 heteroatoms. The number of carbonyl (C=O) groups excluding carboxylic acids is 2. The minimum Gasteiger partial charge on any atom is -0.449 e. The Morgan fingerprint density at radius 1 is 0.647 bits per heavy atom. The number of amides is 2. The molecule has 0 aliphatic rings. The van der Waals surface area contributed by atoms with Gasteiger partial charge in [0.15, 0.2) is 0 Å². The first-order chi connectivity index (χ1) is 16.4. The molecule has 1 rings (SSSR count). The molecule has 0 aliphatic heterocycles. The number of anilines is 2. The molecule has 0 fully saturated rings. The van der Waals surface area contributed by atoms with Crippen molar-refractivity contribution in [2.75, 3.05) is 64.1 Å². The van der Waals surface area contributed by atoms with E-state index in [1.54, 1.807) is 24.3 Å². The zero-order chi connectivity index (χ0) is 25.0. The number of nitrogens with zero attached hydrogens (tertiary/aromatic N) is 2. The molecule has 0 bridgehead atoms. The summed E-state index contributed by atoms with van der Waals surface area (Å²) in [6, 6.07) is 6.85. The fourth-order valence-electron chi connectivity index (χ4n) is 3.43. The van der Waals surface area contributed by atoms with Gasteiger partial charge in [-0.1, -0.05) is 39.5 Å². The van der Waals surface area contributed by atoms with Gasteiger partial charge in [-0.25, -0.2) is 9.59 Å². The van der Waals surface area contributed by atoms with Crippen LogP contribution in [0.3, 0.4) is 0 Å². The molecule has 0 radical (unpaired) electrons. The minimum atomic E-state index is -0.478. The van der Waals surface area contributed by atoms with E-state index in [1.807, 2.05) is 0 Å². The van der Waals surface area contributed by atoms with Crippen LogP contribution < -0.4 is 10.6 Å². The smallest absolute Gasteiger partial charge is 0.411 e. The number of unbranched alkanes of at least 4 members (excludes halogenated alkanes) is 4. The van der Waals surface area contributed by atoms with Gasteiger partial charge in [0.25, 0.3) is 0 Å². The Balaban J connectivity index is 2.17. The van der Waals surface area contributed by atoms with E-state index >= 15 is 0 Å². The molecule has 194 valence electrons. The van der Waals surface area contributed by atoms with Crippen LogP contribution in [-0.4, -0.2) is 75.5 Å². The molecule has 1 aromatic rings. The zero-order valence-corrected chi connectivity index (χ0v) is 21.7. The SMILES string of the molecule is CCCCCN(C)CCCOC(=O)Nc1ccc(NC(=O)OCCCN(C)CCCCC)cc1. The molecule has 0 spiro atoms. The maximum Gasteiger partial charge on any atom is 0.411 e. The van der Waals surface area contributed by atoms with Crippen molar-refractivity contribution < 1.29 is 19.1 Å². The molecule has 0 saturated carbocycles. The third kappa shape index (κ3) is 15.5. The van der Waals surface area contributed by atoms with Gasteiger partial charge in [0.05, 0.1) is 13.2 Å². The number of hydrogen-bond donors (Lipinski definition) is 2. The van der Waals surface area contributed by atoms with Crippen LogP contribution in [0.5, 0.6) is 0 Å². The Kier molecular flexibility index (Phi) is 16.6. The Bertz CT molecular complexity index is 612. The van der Waals surface area contributed by atoms with Gasteiger partial charge in [0, 0.05) is 24.5 Å². The van der Waals surface area contributed by atoms with Gasteiger partial charge in [-0.2, -0.15) is 0 Å². The molecular formula is C26H46N4O4. The summed E-state index contributed by atoms with van der Waals surface area (Å²) in [4.78, 5) is 28.4. The van der Waals surface area contributed by atoms with Crippen molar-refractivity contribution in [2.24, 2.45) is 0 Å². The van der Waals surface area contributed by atoms with Crippen molar-refractivity contribution in [1.82, 2.24) is 9.80 Å². The van der Waals surface area contributed by atoms with Crippen molar-refractivity contribution in [1.29, 1.82) is 0 Å². The van der Waals surface area contributed by atoms with Crippen molar-refractivity contribution >= 4 is 23.6 Å². The first-order valence-corrected chi connectivity index (χ1v) is 12.8. The average Bonchev–Trinajstić information content (AvgIpc) is 2.81. The van der Waals surface area contributed by atoms with Crippen LogP contribution in [-0.2, 0) is 9.47 Å². The quantitative estimate of drug-likeness (QED) is 0.259. The van der Waals surface area contributed by atoms with Gasteiger partial charge in [-0.3, -0.25) is 10.6 Å². The molecular weight excluding hydrogens is 432 g/mol. The Hall–Kier alpha value is -2.32. The highest BCUT2D eigenvalue weighted by atomic mass is 16.6. The molecule has 0 aliphatic carbocycles. The summed E-state index contributed by atoms with van der Waals surface area (Å²) < 4.78 is 10.5. The fraction of sp³-hybridized carbons (Fsp3) is 0.692. The molecule has 1 aromatic carbocycles. The summed E-state index contributed by atoms with van der Waals surface area (Å²) in [6.45, 7) is 9.11. The van der Waals surface area contributed by atoms with Crippen LogP contribution in [0.25, 0.3) is 0 Å². The third-order valence-electron chi connectivity index (χ3n) is 5.50. The van der Waals surface area contributed by atoms with Gasteiger partial charge < -0.3 is 19.3 Å². The molecule has 2 N–H and O–H groups in total. The lowest BCUT2D eigenvalue weighted by molar-refractivity contribution is 0.153. The number of hydrogen-bond acceptors (Lipinski definition) is 6. The van der Waals surface area contributed by atoms with Crippen molar-refractivity contribution in [3.8, 4) is 0 Å². The lowest BCUT2D eigenvalue weighted by atomic mass is 10.2. The van der Waals surface area contributed by atoms with E-state index in [-0.39, 0.29) is 0 Å². The molecule has 2 amide bonds. The molecule has 0 atom stereocenters. The molecule has 0 heterocycles. The van der Waals surface area contributed by atoms with Crippen LogP contribution in [0.1, 0.15) is 65.2 Å². The third-order valence-corrected chi connectivity index (χ3v) is 5.50. The molecule has 0 saturated heterocycles. The Labute approximate surface area is 206 Å². The van der Waals surface area contributed by atoms with Gasteiger partial charge in [-0.15, -0.1) is 0 Å². The molecule has 8 nitrogen and oxygen atoms in total. The van der Waals surface area contributed by atoms with Crippen molar-refractivity contribution in [3.63, 3.8) is 0 Å². The summed E-state index contributed by atoms with van der Waals surface area (Å²) in [5.74, 6) is 0. The van der Waals surface area contributed by atoms with Gasteiger partial charge in [-0.05, 0) is 77.1 Å². The summed E-state index contributed by atoms with van der Waals surface area (Å²) in [7, 11) is 4.19. The average molecular weight is 479 g/mol. The van der Waals surface area contributed by atoms with Crippen LogP contribution in [0, 0.1) is 0 Å². The van der Waals surface area contributed by atoms with E-state index < -0.39 is 12.2 Å². The normalized spacial score (nSPS) is 11.0. The van der Waals surface area contributed by atoms with Gasteiger partial charge in [0.1, 0.15) is 0 Å². The first-order valence-electron chi connectivity index (χ1n) is 12.8. The highest BCUT2D eigenvalue weighted by Crippen LogP contribution is 2.14. The standard InChI is InChI=1S/C26H46N4O4/c1-5-7-9-17-29(3)19-11-21-33-25(31)27-23-13-15-24(16-14-23)28-26(32)34-22-12-20-30(4)18-10-8-6-2/h13-16H,5-12,17-22H2,1-4H3,(H,27,31)(H,28,32). The number of benzene rings is 1. The lowest BCUT2D eigenvalue weighted by Gasteiger charge is -2.16. The summed E-state index contributed by atoms with van der Waals surface area (Å²) in [6.07, 6.45) is 7.98. The first kappa shape index (κ1) is 29.7. The topological polar surface area (TPSA) is 83.1 Å². The number of carbonyl (C=O) groups is 2. The molecule has 34 heavy (non-hydrogen) atoms. The zero-order valence-electron chi connectivity index (χ0n) is 21.7. The maximum absolute atomic E-state index is 12.0. The van der Waals surface area contributed by atoms with Gasteiger partial charge in [0.2, 0.25) is 0 Å². The summed E-state index contributed by atoms with van der Waals surface area (Å²) >= 11 is 0. The second kappa shape index (κ2) is 19.0. The summed E-state index contributed by atoms with van der Waals surface area (Å²) in [5, 5.41) is 5.40. The highest BCUT2D eigenvalue weighted by Gasteiger charge is 2.07. The monoisotopic (exact) mass is 478 g/mol. The summed E-state index contributed by atoms with van der Waals surface area (Å²) in [5.41, 5.74) is 1.21. The largest absolute Gasteiger partial charge is 0.449 e. The van der Waals surface area contributed by atoms with E-state index in [4.69, 9.17) is 9.47 Å². The number of rotatable bonds is 18. The van der Waals surface area contributed by atoms with E-state index in [1.165, 1.54) is 38.5 Å². The van der Waals surface area contributed by atoms with Gasteiger partial charge >= 0.3 is 12.2 Å². The lowest BCUT2D eigenvalue weighted by Crippen LogP contribution is -2.23. The highest BCUT2D eigenvalue weighted by molar-refractivity contribution is 5.87. The Morgan fingerprint density at radius 2 is 1.00 bits per heavy atom. The van der Waals surface area contributed by atoms with E-state index in [0.29, 0.717) is 24.6 Å². The van der Waals surface area contributed by atoms with Crippen LogP contribution in [0.2, 0.25) is 0 Å². The minimum absolute atomic E-state index is 0.379. The van der Waals surface area contributed by atoms with E-state index in [2.05, 4.69) is 48.4 Å². The molecule has 0 aromatic heterocycles. The second-order valence-electron chi connectivity index (χ2n) is 8.83. The molecule has 0 unspecified atom stereocenters. The fourth-order valence-corrected chi connectivity index (χ4v) is 3.43. The van der Waals surface area contributed by atoms with Crippen LogP contribution in [0.15, 0.2) is 24.3 Å². The second-order valence-corrected chi connectivity index (χ2v) is 8.83. The number of nitrogens with one attached hydrogen (secondary N) is 2. The van der Waals surface area contributed by atoms with E-state index in [9.17, 15) is 9.59 Å². The van der Waals surface area contributed by atoms with Crippen molar-refractivity contribution in [2.45, 2.75) is 65.2 Å². The predicted molar refractivity (Wildman–Crippen MR) is 140 cm³/mol. The van der Waals surface area contributed by atoms with Crippen molar-refractivity contribution in [3.05, 3.63) is 24.3 Å². The van der Waals surface area contributed by atoms with E-state index in [0.717, 1.165) is 39.0 Å². The number of ether oxygens (including phenoxy) is 2. The van der Waals surface area contributed by atoms with Crippen LogP contribution in [0.4, 0.5) is 21.0 Å².